The number of hydrogen-bond donors (Lipinski definition) is 1. The average molecular weight is 433 g/mol. The molecule has 0 aliphatic heterocycles. The second kappa shape index (κ2) is 7.79. The standard InChI is InChI=1S/C19H14Cl2N4O2S/c1-11(18-13(20)4-2-5-14(18)21)25-10-12(9-22-25)23-19(26)15-8-16(27-24-15)17-6-3-7-28-17/h2-11H,1H3,(H,23,26). The number of thiophene rings is 1. The minimum Gasteiger partial charge on any atom is -0.355 e. The molecule has 1 amide bonds. The van der Waals surface area contributed by atoms with Crippen LogP contribution in [0.5, 0.6) is 0 Å². The van der Waals surface area contributed by atoms with Crippen molar-refractivity contribution < 1.29 is 9.32 Å². The number of nitrogens with zero attached hydrogens (tertiary/aromatic N) is 3. The number of anilines is 1. The Morgan fingerprint density at radius 2 is 2.04 bits per heavy atom. The summed E-state index contributed by atoms with van der Waals surface area (Å²) in [5.74, 6) is 0.173. The maximum atomic E-state index is 12.4. The van der Waals surface area contributed by atoms with E-state index in [2.05, 4.69) is 15.6 Å². The third-order valence-electron chi connectivity index (χ3n) is 4.18. The molecule has 0 spiro atoms. The molecule has 4 aromatic rings. The van der Waals surface area contributed by atoms with Crippen molar-refractivity contribution >= 4 is 46.1 Å². The lowest BCUT2D eigenvalue weighted by Crippen LogP contribution is -2.12. The van der Waals surface area contributed by atoms with Crippen LogP contribution in [0.4, 0.5) is 5.69 Å². The van der Waals surface area contributed by atoms with Gasteiger partial charge in [0.1, 0.15) is 0 Å². The van der Waals surface area contributed by atoms with Crippen molar-refractivity contribution in [1.29, 1.82) is 0 Å². The molecule has 1 N–H and O–H groups in total. The molecule has 0 aliphatic rings. The maximum Gasteiger partial charge on any atom is 0.277 e. The van der Waals surface area contributed by atoms with Crippen LogP contribution in [0.15, 0.2) is 58.7 Å². The number of benzene rings is 1. The Hall–Kier alpha value is -2.61. The number of aromatic nitrogens is 3. The molecule has 1 aromatic carbocycles. The Labute approximate surface area is 174 Å². The topological polar surface area (TPSA) is 73.0 Å². The fraction of sp³-hybridized carbons (Fsp3) is 0.105. The summed E-state index contributed by atoms with van der Waals surface area (Å²) in [4.78, 5) is 13.4. The van der Waals surface area contributed by atoms with Crippen molar-refractivity contribution in [2.45, 2.75) is 13.0 Å². The first-order valence-electron chi connectivity index (χ1n) is 8.33. The molecular formula is C19H14Cl2N4O2S. The van der Waals surface area contributed by atoms with Gasteiger partial charge in [0.15, 0.2) is 11.5 Å². The van der Waals surface area contributed by atoms with Crippen LogP contribution in [0, 0.1) is 0 Å². The average Bonchev–Trinajstić information content (AvgIpc) is 3.42. The molecular weight excluding hydrogens is 419 g/mol. The smallest absolute Gasteiger partial charge is 0.277 e. The van der Waals surface area contributed by atoms with Gasteiger partial charge in [-0.25, -0.2) is 0 Å². The molecule has 3 aromatic heterocycles. The monoisotopic (exact) mass is 432 g/mol. The second-order valence-electron chi connectivity index (χ2n) is 6.03. The van der Waals surface area contributed by atoms with Gasteiger partial charge in [0.25, 0.3) is 5.91 Å². The largest absolute Gasteiger partial charge is 0.355 e. The summed E-state index contributed by atoms with van der Waals surface area (Å²) in [7, 11) is 0. The maximum absolute atomic E-state index is 12.4. The van der Waals surface area contributed by atoms with Crippen LogP contribution >= 0.6 is 34.5 Å². The molecule has 0 saturated carbocycles. The van der Waals surface area contributed by atoms with Crippen molar-refractivity contribution in [2.75, 3.05) is 5.32 Å². The molecule has 142 valence electrons. The Bertz CT molecular complexity index is 1100. The van der Waals surface area contributed by atoms with Crippen molar-refractivity contribution in [3.8, 4) is 10.6 Å². The van der Waals surface area contributed by atoms with Gasteiger partial charge < -0.3 is 9.84 Å². The lowest BCUT2D eigenvalue weighted by molar-refractivity contribution is 0.101. The van der Waals surface area contributed by atoms with E-state index in [9.17, 15) is 4.79 Å². The second-order valence-corrected chi connectivity index (χ2v) is 7.79. The van der Waals surface area contributed by atoms with Crippen molar-refractivity contribution in [1.82, 2.24) is 14.9 Å². The first-order chi connectivity index (χ1) is 13.5. The number of halogens is 2. The Morgan fingerprint density at radius 1 is 1.25 bits per heavy atom. The summed E-state index contributed by atoms with van der Waals surface area (Å²) in [6.07, 6.45) is 3.27. The number of carbonyl (C=O) groups excluding carboxylic acids is 1. The van der Waals surface area contributed by atoms with Crippen LogP contribution in [-0.4, -0.2) is 20.8 Å². The van der Waals surface area contributed by atoms with Gasteiger partial charge in [-0.05, 0) is 30.5 Å². The first kappa shape index (κ1) is 18.7. The number of nitrogens with one attached hydrogen (secondary N) is 1. The van der Waals surface area contributed by atoms with Crippen LogP contribution in [0.2, 0.25) is 10.0 Å². The number of hydrogen-bond acceptors (Lipinski definition) is 5. The quantitative estimate of drug-likeness (QED) is 0.434. The zero-order valence-corrected chi connectivity index (χ0v) is 16.9. The van der Waals surface area contributed by atoms with Gasteiger partial charge in [-0.2, -0.15) is 5.10 Å². The van der Waals surface area contributed by atoms with Crippen LogP contribution in [0.25, 0.3) is 10.6 Å². The number of carbonyl (C=O) groups is 1. The number of amides is 1. The van der Waals surface area contributed by atoms with E-state index < -0.39 is 0 Å². The lowest BCUT2D eigenvalue weighted by Gasteiger charge is -2.15. The highest BCUT2D eigenvalue weighted by Gasteiger charge is 2.18. The lowest BCUT2D eigenvalue weighted by atomic mass is 10.1. The van der Waals surface area contributed by atoms with Gasteiger partial charge in [0.05, 0.1) is 22.8 Å². The molecule has 9 heteroatoms. The Kier molecular flexibility index (Phi) is 5.21. The van der Waals surface area contributed by atoms with Gasteiger partial charge in [-0.15, -0.1) is 11.3 Å². The Balaban J connectivity index is 1.50. The highest BCUT2D eigenvalue weighted by atomic mass is 35.5. The highest BCUT2D eigenvalue weighted by Crippen LogP contribution is 2.32. The van der Waals surface area contributed by atoms with Crippen LogP contribution < -0.4 is 5.32 Å². The molecule has 6 nitrogen and oxygen atoms in total. The molecule has 0 aliphatic carbocycles. The van der Waals surface area contributed by atoms with E-state index in [1.54, 1.807) is 41.3 Å². The minimum atomic E-state index is -0.380. The molecule has 1 unspecified atom stereocenters. The Morgan fingerprint density at radius 3 is 2.75 bits per heavy atom. The predicted molar refractivity (Wildman–Crippen MR) is 110 cm³/mol. The summed E-state index contributed by atoms with van der Waals surface area (Å²) < 4.78 is 6.93. The minimum absolute atomic E-state index is 0.193. The van der Waals surface area contributed by atoms with E-state index >= 15 is 0 Å². The van der Waals surface area contributed by atoms with E-state index in [0.717, 1.165) is 10.4 Å². The fourth-order valence-corrected chi connectivity index (χ4v) is 4.16. The molecule has 28 heavy (non-hydrogen) atoms. The van der Waals surface area contributed by atoms with Gasteiger partial charge >= 0.3 is 0 Å². The molecule has 0 bridgehead atoms. The van der Waals surface area contributed by atoms with Gasteiger partial charge in [-0.3, -0.25) is 9.48 Å². The molecule has 3 heterocycles. The predicted octanol–water partition coefficient (Wildman–Crippen LogP) is 5.77. The molecule has 0 saturated heterocycles. The molecule has 0 fully saturated rings. The van der Waals surface area contributed by atoms with Gasteiger partial charge in [-0.1, -0.05) is 40.5 Å². The zero-order valence-electron chi connectivity index (χ0n) is 14.6. The SMILES string of the molecule is CC(c1c(Cl)cccc1Cl)n1cc(NC(=O)c2cc(-c3cccs3)on2)cn1. The van der Waals surface area contributed by atoms with Gasteiger partial charge in [0.2, 0.25) is 0 Å². The highest BCUT2D eigenvalue weighted by molar-refractivity contribution is 7.13. The third kappa shape index (κ3) is 3.69. The number of rotatable bonds is 5. The molecule has 4 rings (SSSR count). The van der Waals surface area contributed by atoms with Crippen molar-refractivity contribution in [3.05, 3.63) is 75.5 Å². The normalized spacial score (nSPS) is 12.1. The zero-order chi connectivity index (χ0) is 19.7. The van der Waals surface area contributed by atoms with E-state index in [0.29, 0.717) is 21.5 Å². The van der Waals surface area contributed by atoms with Crippen LogP contribution in [-0.2, 0) is 0 Å². The molecule has 1 atom stereocenters. The van der Waals surface area contributed by atoms with E-state index in [1.165, 1.54) is 11.3 Å². The third-order valence-corrected chi connectivity index (χ3v) is 5.72. The summed E-state index contributed by atoms with van der Waals surface area (Å²) in [5.41, 5.74) is 1.49. The summed E-state index contributed by atoms with van der Waals surface area (Å²) >= 11 is 14.1. The van der Waals surface area contributed by atoms with Crippen LogP contribution in [0.1, 0.15) is 29.0 Å². The fourth-order valence-electron chi connectivity index (χ4n) is 2.77. The summed E-state index contributed by atoms with van der Waals surface area (Å²) in [6.45, 7) is 1.93. The van der Waals surface area contributed by atoms with Crippen LogP contribution in [0.3, 0.4) is 0 Å². The van der Waals surface area contributed by atoms with Crippen molar-refractivity contribution in [3.63, 3.8) is 0 Å². The summed E-state index contributed by atoms with van der Waals surface area (Å²) in [6, 6.07) is 10.6. The van der Waals surface area contributed by atoms with Crippen molar-refractivity contribution in [2.24, 2.45) is 0 Å². The van der Waals surface area contributed by atoms with Gasteiger partial charge in [0, 0.05) is 27.9 Å². The summed E-state index contributed by atoms with van der Waals surface area (Å²) in [5, 5.41) is 14.0. The van der Waals surface area contributed by atoms with E-state index in [4.69, 9.17) is 27.7 Å². The molecule has 0 radical (unpaired) electrons. The first-order valence-corrected chi connectivity index (χ1v) is 9.96. The van der Waals surface area contributed by atoms with E-state index in [-0.39, 0.29) is 17.6 Å². The van der Waals surface area contributed by atoms with E-state index in [1.807, 2.05) is 24.4 Å².